The number of nitrogens with zero attached hydrogens (tertiary/aromatic N) is 1. The van der Waals surface area contributed by atoms with Crippen LogP contribution in [0.15, 0.2) is 48.5 Å². The second-order valence-corrected chi connectivity index (χ2v) is 5.78. The predicted molar refractivity (Wildman–Crippen MR) is 90.8 cm³/mol. The molecule has 0 saturated carbocycles. The number of nitrogens with one attached hydrogen (secondary N) is 1. The van der Waals surface area contributed by atoms with Gasteiger partial charge in [-0.1, -0.05) is 29.8 Å². The minimum absolute atomic E-state index is 0.00627. The zero-order chi connectivity index (χ0) is 16.4. The van der Waals surface area contributed by atoms with Gasteiger partial charge in [0, 0.05) is 17.9 Å². The molecular formula is C17H16ClN3O2. The lowest BCUT2D eigenvalue weighted by molar-refractivity contribution is -0.117. The predicted octanol–water partition coefficient (Wildman–Crippen LogP) is 2.66. The largest absolute Gasteiger partial charge is 0.374 e. The summed E-state index contributed by atoms with van der Waals surface area (Å²) in [5.41, 5.74) is 7.06. The maximum atomic E-state index is 12.5. The number of carbonyl (C=O) groups excluding carboxylic acids is 2. The zero-order valence-corrected chi connectivity index (χ0v) is 13.1. The van der Waals surface area contributed by atoms with Crippen LogP contribution in [-0.4, -0.2) is 24.4 Å². The number of benzene rings is 2. The lowest BCUT2D eigenvalue weighted by Crippen LogP contribution is -2.33. The van der Waals surface area contributed by atoms with Gasteiger partial charge in [0.2, 0.25) is 11.8 Å². The summed E-state index contributed by atoms with van der Waals surface area (Å²) >= 11 is 5.94. The van der Waals surface area contributed by atoms with Crippen molar-refractivity contribution in [1.29, 1.82) is 0 Å². The van der Waals surface area contributed by atoms with Crippen LogP contribution in [0.3, 0.4) is 0 Å². The van der Waals surface area contributed by atoms with E-state index < -0.39 is 5.91 Å². The first-order valence-electron chi connectivity index (χ1n) is 7.28. The van der Waals surface area contributed by atoms with Crippen molar-refractivity contribution in [3.05, 3.63) is 59.1 Å². The van der Waals surface area contributed by atoms with Crippen LogP contribution in [0.5, 0.6) is 0 Å². The zero-order valence-electron chi connectivity index (χ0n) is 12.3. The van der Waals surface area contributed by atoms with Crippen LogP contribution in [0.2, 0.25) is 5.02 Å². The average molecular weight is 330 g/mol. The number of hydrogen-bond acceptors (Lipinski definition) is 3. The fourth-order valence-electron chi connectivity index (χ4n) is 2.68. The summed E-state index contributed by atoms with van der Waals surface area (Å²) in [5.74, 6) is -0.589. The number of amides is 2. The third-order valence-electron chi connectivity index (χ3n) is 3.85. The van der Waals surface area contributed by atoms with Crippen LogP contribution in [-0.2, 0) is 4.79 Å². The normalized spacial score (nSPS) is 17.3. The van der Waals surface area contributed by atoms with Gasteiger partial charge in [0.1, 0.15) is 6.04 Å². The van der Waals surface area contributed by atoms with Crippen LogP contribution in [0.4, 0.5) is 11.4 Å². The number of halogens is 1. The van der Waals surface area contributed by atoms with Crippen molar-refractivity contribution in [1.82, 2.24) is 0 Å². The summed E-state index contributed by atoms with van der Waals surface area (Å²) in [7, 11) is 0. The first-order chi connectivity index (χ1) is 11.1. The highest BCUT2D eigenvalue weighted by Crippen LogP contribution is 2.25. The molecule has 3 N–H and O–H groups in total. The van der Waals surface area contributed by atoms with Crippen molar-refractivity contribution in [3.8, 4) is 0 Å². The smallest absolute Gasteiger partial charge is 0.250 e. The molecule has 0 aliphatic carbocycles. The van der Waals surface area contributed by atoms with E-state index in [0.29, 0.717) is 23.7 Å². The standard InChI is InChI=1S/C17H16ClN3O2/c18-14-7-6-11(10-13(14)16(19)22)20-15-8-9-21(17(15)23)12-4-2-1-3-5-12/h1-7,10,15,20H,8-9H2,(H2,19,22). The van der Waals surface area contributed by atoms with Gasteiger partial charge in [-0.25, -0.2) is 0 Å². The Hall–Kier alpha value is -2.53. The molecule has 1 atom stereocenters. The molecule has 0 spiro atoms. The van der Waals surface area contributed by atoms with E-state index in [-0.39, 0.29) is 17.5 Å². The van der Waals surface area contributed by atoms with Crippen LogP contribution in [0.25, 0.3) is 0 Å². The summed E-state index contributed by atoms with van der Waals surface area (Å²) in [4.78, 5) is 25.6. The fourth-order valence-corrected chi connectivity index (χ4v) is 2.89. The first-order valence-corrected chi connectivity index (χ1v) is 7.66. The quantitative estimate of drug-likeness (QED) is 0.905. The van der Waals surface area contributed by atoms with E-state index >= 15 is 0 Å². The number of anilines is 2. The number of primary amides is 1. The molecule has 0 bridgehead atoms. The number of para-hydroxylation sites is 1. The topological polar surface area (TPSA) is 75.4 Å². The van der Waals surface area contributed by atoms with Gasteiger partial charge in [-0.05, 0) is 36.8 Å². The van der Waals surface area contributed by atoms with E-state index in [4.69, 9.17) is 17.3 Å². The Morgan fingerprint density at radius 2 is 1.96 bits per heavy atom. The molecule has 1 saturated heterocycles. The molecule has 5 nitrogen and oxygen atoms in total. The Bertz CT molecular complexity index is 749. The van der Waals surface area contributed by atoms with Gasteiger partial charge < -0.3 is 16.0 Å². The highest BCUT2D eigenvalue weighted by atomic mass is 35.5. The average Bonchev–Trinajstić information content (AvgIpc) is 2.91. The molecular weight excluding hydrogens is 314 g/mol. The molecule has 0 radical (unpaired) electrons. The van der Waals surface area contributed by atoms with Crippen molar-refractivity contribution < 1.29 is 9.59 Å². The van der Waals surface area contributed by atoms with Crippen LogP contribution in [0.1, 0.15) is 16.8 Å². The highest BCUT2D eigenvalue weighted by Gasteiger charge is 2.32. The maximum absolute atomic E-state index is 12.5. The Labute approximate surface area is 139 Å². The SMILES string of the molecule is NC(=O)c1cc(NC2CCN(c3ccccc3)C2=O)ccc1Cl. The fraction of sp³-hybridized carbons (Fsp3) is 0.176. The molecule has 23 heavy (non-hydrogen) atoms. The summed E-state index contributed by atoms with van der Waals surface area (Å²) in [6.07, 6.45) is 0.683. The molecule has 2 aromatic rings. The van der Waals surface area contributed by atoms with E-state index in [9.17, 15) is 9.59 Å². The summed E-state index contributed by atoms with van der Waals surface area (Å²) in [6.45, 7) is 0.650. The Morgan fingerprint density at radius 3 is 2.65 bits per heavy atom. The molecule has 1 aliphatic rings. The Morgan fingerprint density at radius 1 is 1.22 bits per heavy atom. The number of hydrogen-bond donors (Lipinski definition) is 2. The van der Waals surface area contributed by atoms with E-state index in [1.165, 1.54) is 0 Å². The van der Waals surface area contributed by atoms with Crippen LogP contribution < -0.4 is 16.0 Å². The van der Waals surface area contributed by atoms with E-state index in [1.54, 1.807) is 23.1 Å². The monoisotopic (exact) mass is 329 g/mol. The third kappa shape index (κ3) is 3.14. The molecule has 2 amide bonds. The lowest BCUT2D eigenvalue weighted by Gasteiger charge is -2.18. The third-order valence-corrected chi connectivity index (χ3v) is 4.18. The molecule has 118 valence electrons. The molecule has 3 rings (SSSR count). The minimum atomic E-state index is -0.595. The number of nitrogens with two attached hydrogens (primary N) is 1. The molecule has 1 fully saturated rings. The van der Waals surface area contributed by atoms with E-state index in [2.05, 4.69) is 5.32 Å². The van der Waals surface area contributed by atoms with Crippen molar-refractivity contribution in [3.63, 3.8) is 0 Å². The summed E-state index contributed by atoms with van der Waals surface area (Å²) in [6, 6.07) is 14.1. The molecule has 1 aliphatic heterocycles. The van der Waals surface area contributed by atoms with Gasteiger partial charge in [-0.15, -0.1) is 0 Å². The van der Waals surface area contributed by atoms with Crippen molar-refractivity contribution in [2.75, 3.05) is 16.8 Å². The second-order valence-electron chi connectivity index (χ2n) is 5.37. The van der Waals surface area contributed by atoms with Crippen molar-refractivity contribution in [2.24, 2.45) is 5.73 Å². The number of rotatable bonds is 4. The van der Waals surface area contributed by atoms with Crippen molar-refractivity contribution in [2.45, 2.75) is 12.5 Å². The Kier molecular flexibility index (Phi) is 4.21. The van der Waals surface area contributed by atoms with E-state index in [0.717, 1.165) is 5.69 Å². The molecule has 1 unspecified atom stereocenters. The lowest BCUT2D eigenvalue weighted by atomic mass is 10.1. The summed E-state index contributed by atoms with van der Waals surface area (Å²) < 4.78 is 0. The maximum Gasteiger partial charge on any atom is 0.250 e. The number of carbonyl (C=O) groups is 2. The van der Waals surface area contributed by atoms with Gasteiger partial charge in [0.25, 0.3) is 0 Å². The van der Waals surface area contributed by atoms with Gasteiger partial charge in [-0.3, -0.25) is 9.59 Å². The van der Waals surface area contributed by atoms with E-state index in [1.807, 2.05) is 30.3 Å². The van der Waals surface area contributed by atoms with Crippen LogP contribution in [0, 0.1) is 0 Å². The minimum Gasteiger partial charge on any atom is -0.374 e. The van der Waals surface area contributed by atoms with Gasteiger partial charge in [-0.2, -0.15) is 0 Å². The molecule has 0 aromatic heterocycles. The first kappa shape index (κ1) is 15.4. The van der Waals surface area contributed by atoms with Gasteiger partial charge >= 0.3 is 0 Å². The second kappa shape index (κ2) is 6.30. The van der Waals surface area contributed by atoms with Gasteiger partial charge in [0.15, 0.2) is 0 Å². The van der Waals surface area contributed by atoms with Gasteiger partial charge in [0.05, 0.1) is 10.6 Å². The summed E-state index contributed by atoms with van der Waals surface area (Å²) in [5, 5.41) is 3.45. The Balaban J connectivity index is 1.76. The van der Waals surface area contributed by atoms with Crippen LogP contribution >= 0.6 is 11.6 Å². The highest BCUT2D eigenvalue weighted by molar-refractivity contribution is 6.33. The molecule has 1 heterocycles. The molecule has 2 aromatic carbocycles. The van der Waals surface area contributed by atoms with Crippen molar-refractivity contribution >= 4 is 34.8 Å². The molecule has 6 heteroatoms.